The molecule has 2 nitrogen and oxygen atoms in total. The molecule has 2 heteroatoms. The van der Waals surface area contributed by atoms with Gasteiger partial charge in [-0.2, -0.15) is 0 Å². The predicted octanol–water partition coefficient (Wildman–Crippen LogP) is 3.85. The second kappa shape index (κ2) is 10.2. The van der Waals surface area contributed by atoms with E-state index in [1.807, 2.05) is 31.2 Å². The number of hydrogen-bond donors (Lipinski definition) is 0. The SMILES string of the molecule is CCOCCCCCCCOc1cc[c]cc1. The fourth-order valence-electron chi connectivity index (χ4n) is 1.64. The molecular weight excluding hydrogens is 212 g/mol. The lowest BCUT2D eigenvalue weighted by atomic mass is 10.1. The highest BCUT2D eigenvalue weighted by Gasteiger charge is 1.93. The van der Waals surface area contributed by atoms with Crippen LogP contribution in [-0.2, 0) is 4.74 Å². The van der Waals surface area contributed by atoms with Crippen molar-refractivity contribution in [2.24, 2.45) is 0 Å². The van der Waals surface area contributed by atoms with E-state index in [0.717, 1.165) is 32.0 Å². The van der Waals surface area contributed by atoms with Gasteiger partial charge in [-0.05, 0) is 38.0 Å². The number of unbranched alkanes of at least 4 members (excludes halogenated alkanes) is 4. The molecule has 0 atom stereocenters. The van der Waals surface area contributed by atoms with Gasteiger partial charge in [-0.25, -0.2) is 0 Å². The van der Waals surface area contributed by atoms with Gasteiger partial charge in [0.05, 0.1) is 6.61 Å². The summed E-state index contributed by atoms with van der Waals surface area (Å²) >= 11 is 0. The standard InChI is InChI=1S/C15H23O2/c1-2-16-13-9-4-3-5-10-14-17-15-11-7-6-8-12-15/h7-8,11-12H,2-5,9-10,13-14H2,1H3. The van der Waals surface area contributed by atoms with Gasteiger partial charge in [0.1, 0.15) is 5.75 Å². The second-order valence-corrected chi connectivity index (χ2v) is 4.05. The lowest BCUT2D eigenvalue weighted by Crippen LogP contribution is -1.97. The fourth-order valence-corrected chi connectivity index (χ4v) is 1.64. The summed E-state index contributed by atoms with van der Waals surface area (Å²) in [4.78, 5) is 0. The predicted molar refractivity (Wildman–Crippen MR) is 70.4 cm³/mol. The quantitative estimate of drug-likeness (QED) is 0.573. The molecule has 0 saturated heterocycles. The average Bonchev–Trinajstić information content (AvgIpc) is 2.38. The molecule has 1 aromatic carbocycles. The third-order valence-corrected chi connectivity index (χ3v) is 2.59. The smallest absolute Gasteiger partial charge is 0.119 e. The first kappa shape index (κ1) is 14.0. The van der Waals surface area contributed by atoms with E-state index in [0.29, 0.717) is 0 Å². The molecule has 17 heavy (non-hydrogen) atoms. The molecule has 0 spiro atoms. The molecule has 0 heterocycles. The van der Waals surface area contributed by atoms with Gasteiger partial charge in [-0.3, -0.25) is 0 Å². The Morgan fingerprint density at radius 2 is 1.59 bits per heavy atom. The number of hydrogen-bond acceptors (Lipinski definition) is 2. The van der Waals surface area contributed by atoms with E-state index in [2.05, 4.69) is 6.07 Å². The second-order valence-electron chi connectivity index (χ2n) is 4.05. The Balaban J connectivity index is 1.85. The van der Waals surface area contributed by atoms with Crippen molar-refractivity contribution >= 4 is 0 Å². The minimum atomic E-state index is 0.815. The van der Waals surface area contributed by atoms with Crippen LogP contribution in [0.3, 0.4) is 0 Å². The van der Waals surface area contributed by atoms with E-state index in [1.165, 1.54) is 25.7 Å². The van der Waals surface area contributed by atoms with Gasteiger partial charge < -0.3 is 9.47 Å². The molecule has 0 aliphatic carbocycles. The van der Waals surface area contributed by atoms with Crippen molar-refractivity contribution in [1.29, 1.82) is 0 Å². The molecule has 0 aromatic heterocycles. The maximum absolute atomic E-state index is 5.61. The van der Waals surface area contributed by atoms with E-state index in [-0.39, 0.29) is 0 Å². The van der Waals surface area contributed by atoms with E-state index in [4.69, 9.17) is 9.47 Å². The van der Waals surface area contributed by atoms with Crippen LogP contribution in [0.1, 0.15) is 39.0 Å². The maximum atomic E-state index is 5.61. The van der Waals surface area contributed by atoms with Crippen molar-refractivity contribution in [2.45, 2.75) is 39.0 Å². The van der Waals surface area contributed by atoms with Gasteiger partial charge in [0.25, 0.3) is 0 Å². The first-order chi connectivity index (χ1) is 8.43. The zero-order valence-electron chi connectivity index (χ0n) is 10.8. The van der Waals surface area contributed by atoms with Gasteiger partial charge in [0.15, 0.2) is 0 Å². The fraction of sp³-hybridized carbons (Fsp3) is 0.600. The van der Waals surface area contributed by atoms with Gasteiger partial charge in [-0.15, -0.1) is 0 Å². The van der Waals surface area contributed by atoms with E-state index in [9.17, 15) is 0 Å². The van der Waals surface area contributed by atoms with Crippen molar-refractivity contribution in [1.82, 2.24) is 0 Å². The van der Waals surface area contributed by atoms with Crippen LogP contribution in [0.5, 0.6) is 5.75 Å². The molecule has 0 amide bonds. The lowest BCUT2D eigenvalue weighted by molar-refractivity contribution is 0.142. The Morgan fingerprint density at radius 1 is 0.941 bits per heavy atom. The Morgan fingerprint density at radius 3 is 2.29 bits per heavy atom. The lowest BCUT2D eigenvalue weighted by Gasteiger charge is -2.05. The van der Waals surface area contributed by atoms with Crippen LogP contribution in [0.4, 0.5) is 0 Å². The average molecular weight is 235 g/mol. The first-order valence-corrected chi connectivity index (χ1v) is 6.60. The molecule has 0 saturated carbocycles. The van der Waals surface area contributed by atoms with Crippen molar-refractivity contribution in [3.05, 3.63) is 30.3 Å². The molecule has 0 unspecified atom stereocenters. The Hall–Kier alpha value is -1.02. The third-order valence-electron chi connectivity index (χ3n) is 2.59. The van der Waals surface area contributed by atoms with E-state index in [1.54, 1.807) is 0 Å². The largest absolute Gasteiger partial charge is 0.494 e. The highest BCUT2D eigenvalue weighted by Crippen LogP contribution is 2.09. The summed E-state index contributed by atoms with van der Waals surface area (Å²) in [6.45, 7) is 4.60. The summed E-state index contributed by atoms with van der Waals surface area (Å²) in [5, 5.41) is 0. The minimum Gasteiger partial charge on any atom is -0.494 e. The molecule has 0 aliphatic rings. The van der Waals surface area contributed by atoms with Gasteiger partial charge in [0.2, 0.25) is 0 Å². The van der Waals surface area contributed by atoms with Crippen molar-refractivity contribution in [3.63, 3.8) is 0 Å². The van der Waals surface area contributed by atoms with E-state index < -0.39 is 0 Å². The van der Waals surface area contributed by atoms with Crippen molar-refractivity contribution in [3.8, 4) is 5.75 Å². The Bertz CT molecular complexity index is 259. The zero-order chi connectivity index (χ0) is 12.2. The van der Waals surface area contributed by atoms with Crippen LogP contribution in [0.15, 0.2) is 24.3 Å². The highest BCUT2D eigenvalue weighted by atomic mass is 16.5. The summed E-state index contributed by atoms with van der Waals surface area (Å²) in [6.07, 6.45) is 6.10. The first-order valence-electron chi connectivity index (χ1n) is 6.60. The van der Waals surface area contributed by atoms with Gasteiger partial charge in [-0.1, -0.05) is 31.4 Å². The maximum Gasteiger partial charge on any atom is 0.119 e. The topological polar surface area (TPSA) is 18.5 Å². The Kier molecular flexibility index (Phi) is 8.39. The highest BCUT2D eigenvalue weighted by molar-refractivity contribution is 5.20. The van der Waals surface area contributed by atoms with Crippen LogP contribution in [0.2, 0.25) is 0 Å². The van der Waals surface area contributed by atoms with Gasteiger partial charge in [0, 0.05) is 13.2 Å². The molecule has 0 bridgehead atoms. The summed E-state index contributed by atoms with van der Waals surface area (Å²) < 4.78 is 10.9. The van der Waals surface area contributed by atoms with Crippen molar-refractivity contribution in [2.75, 3.05) is 19.8 Å². The zero-order valence-corrected chi connectivity index (χ0v) is 10.8. The normalized spacial score (nSPS) is 10.4. The molecule has 0 aliphatic heterocycles. The molecule has 95 valence electrons. The van der Waals surface area contributed by atoms with Crippen LogP contribution < -0.4 is 4.74 Å². The van der Waals surface area contributed by atoms with Crippen molar-refractivity contribution < 1.29 is 9.47 Å². The molecule has 0 fully saturated rings. The Labute approximate surface area is 105 Å². The summed E-state index contributed by atoms with van der Waals surface area (Å²) in [6, 6.07) is 10.6. The number of ether oxygens (including phenoxy) is 2. The molecule has 1 rings (SSSR count). The molecule has 0 N–H and O–H groups in total. The van der Waals surface area contributed by atoms with Crippen LogP contribution in [0, 0.1) is 6.07 Å². The minimum absolute atomic E-state index is 0.815. The van der Waals surface area contributed by atoms with Crippen LogP contribution >= 0.6 is 0 Å². The third kappa shape index (κ3) is 7.81. The van der Waals surface area contributed by atoms with E-state index >= 15 is 0 Å². The van der Waals surface area contributed by atoms with Crippen LogP contribution in [-0.4, -0.2) is 19.8 Å². The monoisotopic (exact) mass is 235 g/mol. The molecule has 1 aromatic rings. The van der Waals surface area contributed by atoms with Crippen LogP contribution in [0.25, 0.3) is 0 Å². The number of benzene rings is 1. The molecule has 1 radical (unpaired) electrons. The summed E-state index contributed by atoms with van der Waals surface area (Å²) in [7, 11) is 0. The summed E-state index contributed by atoms with van der Waals surface area (Å²) in [5.41, 5.74) is 0. The summed E-state index contributed by atoms with van der Waals surface area (Å²) in [5.74, 6) is 0.945. The molecular formula is C15H23O2. The van der Waals surface area contributed by atoms with Gasteiger partial charge >= 0.3 is 0 Å². The number of rotatable bonds is 10.